The van der Waals surface area contributed by atoms with E-state index in [0.717, 1.165) is 5.69 Å². The predicted octanol–water partition coefficient (Wildman–Crippen LogP) is -0.200. The van der Waals surface area contributed by atoms with Crippen LogP contribution in [0.25, 0.3) is 0 Å². The minimum Gasteiger partial charge on any atom is -0.423 e. The van der Waals surface area contributed by atoms with E-state index in [2.05, 4.69) is 4.98 Å². The summed E-state index contributed by atoms with van der Waals surface area (Å²) in [5, 5.41) is 17.6. The number of nitrogens with zero attached hydrogens (tertiary/aromatic N) is 1. The lowest BCUT2D eigenvalue weighted by molar-refractivity contribution is 0.425. The first-order chi connectivity index (χ1) is 5.11. The van der Waals surface area contributed by atoms with Crippen molar-refractivity contribution in [3.8, 4) is 0 Å². The zero-order valence-corrected chi connectivity index (χ0v) is 7.80. The lowest BCUT2D eigenvalue weighted by Gasteiger charge is -2.03. The molecule has 1 aromatic rings. The molecule has 0 radical (unpaired) electrons. The third-order valence-electron chi connectivity index (χ3n) is 1.54. The van der Waals surface area contributed by atoms with Crippen molar-refractivity contribution in [3.63, 3.8) is 0 Å². The number of rotatable bonds is 1. The van der Waals surface area contributed by atoms with Gasteiger partial charge in [-0.05, 0) is 19.9 Å². The van der Waals surface area contributed by atoms with E-state index >= 15 is 0 Å². The molecule has 3 nitrogen and oxygen atoms in total. The molecule has 0 aliphatic rings. The molecular formula is C7H11BClNO2. The highest BCUT2D eigenvalue weighted by atomic mass is 35.5. The molecular weight excluding hydrogens is 176 g/mol. The van der Waals surface area contributed by atoms with E-state index in [1.54, 1.807) is 19.1 Å². The van der Waals surface area contributed by atoms with Crippen molar-refractivity contribution < 1.29 is 10.0 Å². The summed E-state index contributed by atoms with van der Waals surface area (Å²) in [4.78, 5) is 4.07. The van der Waals surface area contributed by atoms with Gasteiger partial charge in [-0.1, -0.05) is 6.07 Å². The van der Waals surface area contributed by atoms with Crippen molar-refractivity contribution in [1.82, 2.24) is 4.98 Å². The van der Waals surface area contributed by atoms with Gasteiger partial charge in [0.25, 0.3) is 0 Å². The van der Waals surface area contributed by atoms with Crippen LogP contribution in [0.2, 0.25) is 0 Å². The van der Waals surface area contributed by atoms with E-state index in [0.29, 0.717) is 11.2 Å². The van der Waals surface area contributed by atoms with Crippen LogP contribution in [0.5, 0.6) is 0 Å². The van der Waals surface area contributed by atoms with Gasteiger partial charge in [0, 0.05) is 16.9 Å². The first kappa shape index (κ1) is 11.4. The van der Waals surface area contributed by atoms with Crippen LogP contribution in [0.3, 0.4) is 0 Å². The third kappa shape index (κ3) is 2.48. The van der Waals surface area contributed by atoms with Gasteiger partial charge in [-0.3, -0.25) is 4.98 Å². The summed E-state index contributed by atoms with van der Waals surface area (Å²) in [5.41, 5.74) is 2.02. The van der Waals surface area contributed by atoms with Gasteiger partial charge in [-0.25, -0.2) is 0 Å². The Kier molecular flexibility index (Phi) is 4.24. The van der Waals surface area contributed by atoms with Crippen LogP contribution in [0.1, 0.15) is 11.4 Å². The highest BCUT2D eigenvalue weighted by Gasteiger charge is 2.13. The summed E-state index contributed by atoms with van der Waals surface area (Å²) in [6.45, 7) is 3.61. The van der Waals surface area contributed by atoms with Gasteiger partial charge < -0.3 is 10.0 Å². The standard InChI is InChI=1S/C7H10BNO2.ClH/c1-5-3-4-7(8(10)11)6(2)9-5;/h3-4,10-11H,1-2H3;1H. The van der Waals surface area contributed by atoms with Crippen LogP contribution < -0.4 is 5.46 Å². The van der Waals surface area contributed by atoms with Crippen molar-refractivity contribution in [3.05, 3.63) is 23.5 Å². The van der Waals surface area contributed by atoms with Crippen LogP contribution in [-0.2, 0) is 0 Å². The van der Waals surface area contributed by atoms with Crippen LogP contribution in [-0.4, -0.2) is 22.2 Å². The lowest BCUT2D eigenvalue weighted by atomic mass is 9.79. The smallest absolute Gasteiger partial charge is 0.423 e. The maximum absolute atomic E-state index is 8.81. The summed E-state index contributed by atoms with van der Waals surface area (Å²) in [5.74, 6) is 0. The molecule has 0 aliphatic carbocycles. The van der Waals surface area contributed by atoms with Crippen molar-refractivity contribution in [1.29, 1.82) is 0 Å². The molecule has 0 aliphatic heterocycles. The summed E-state index contributed by atoms with van der Waals surface area (Å²) >= 11 is 0. The molecule has 0 saturated carbocycles. The van der Waals surface area contributed by atoms with E-state index in [9.17, 15) is 0 Å². The molecule has 1 heterocycles. The fourth-order valence-electron chi connectivity index (χ4n) is 0.970. The van der Waals surface area contributed by atoms with Crippen LogP contribution in [0, 0.1) is 13.8 Å². The van der Waals surface area contributed by atoms with Crippen molar-refractivity contribution in [2.75, 3.05) is 0 Å². The van der Waals surface area contributed by atoms with Crippen LogP contribution in [0.4, 0.5) is 0 Å². The van der Waals surface area contributed by atoms with Crippen LogP contribution >= 0.6 is 12.4 Å². The molecule has 12 heavy (non-hydrogen) atoms. The predicted molar refractivity (Wildman–Crippen MR) is 50.8 cm³/mol. The normalized spacial score (nSPS) is 9.00. The van der Waals surface area contributed by atoms with E-state index in [-0.39, 0.29) is 12.4 Å². The Morgan fingerprint density at radius 2 is 1.83 bits per heavy atom. The summed E-state index contributed by atoms with van der Waals surface area (Å²) in [6.07, 6.45) is 0. The Morgan fingerprint density at radius 1 is 1.25 bits per heavy atom. The van der Waals surface area contributed by atoms with Crippen LogP contribution in [0.15, 0.2) is 12.1 Å². The molecule has 0 spiro atoms. The topological polar surface area (TPSA) is 53.4 Å². The molecule has 0 atom stereocenters. The number of pyridine rings is 1. The fraction of sp³-hybridized carbons (Fsp3) is 0.286. The molecule has 5 heteroatoms. The average Bonchev–Trinajstić information content (AvgIpc) is 1.85. The van der Waals surface area contributed by atoms with Crippen molar-refractivity contribution in [2.45, 2.75) is 13.8 Å². The average molecular weight is 187 g/mol. The molecule has 0 aromatic carbocycles. The van der Waals surface area contributed by atoms with Gasteiger partial charge in [0.2, 0.25) is 0 Å². The number of aromatic nitrogens is 1. The third-order valence-corrected chi connectivity index (χ3v) is 1.54. The Hall–Kier alpha value is -0.575. The van der Waals surface area contributed by atoms with Gasteiger partial charge in [-0.2, -0.15) is 0 Å². The van der Waals surface area contributed by atoms with Gasteiger partial charge in [0.15, 0.2) is 0 Å². The Balaban J connectivity index is 0.00000121. The zero-order chi connectivity index (χ0) is 8.43. The Bertz CT molecular complexity index is 268. The first-order valence-corrected chi connectivity index (χ1v) is 3.41. The second-order valence-electron chi connectivity index (χ2n) is 2.50. The summed E-state index contributed by atoms with van der Waals surface area (Å²) in [7, 11) is -1.41. The van der Waals surface area contributed by atoms with Gasteiger partial charge in [0.05, 0.1) is 0 Å². The zero-order valence-electron chi connectivity index (χ0n) is 6.98. The van der Waals surface area contributed by atoms with Crippen molar-refractivity contribution >= 4 is 25.0 Å². The minimum atomic E-state index is -1.41. The minimum absolute atomic E-state index is 0. The number of hydrogen-bond donors (Lipinski definition) is 2. The van der Waals surface area contributed by atoms with Gasteiger partial charge >= 0.3 is 7.12 Å². The second-order valence-corrected chi connectivity index (χ2v) is 2.50. The SMILES string of the molecule is Cc1ccc(B(O)O)c(C)n1.Cl. The highest BCUT2D eigenvalue weighted by molar-refractivity contribution is 6.59. The van der Waals surface area contributed by atoms with E-state index in [1.807, 2.05) is 6.92 Å². The number of hydrogen-bond acceptors (Lipinski definition) is 3. The largest absolute Gasteiger partial charge is 0.490 e. The Labute approximate surface area is 78.0 Å². The molecule has 66 valence electrons. The maximum Gasteiger partial charge on any atom is 0.490 e. The highest BCUT2D eigenvalue weighted by Crippen LogP contribution is 1.93. The quantitative estimate of drug-likeness (QED) is 0.599. The molecule has 2 N–H and O–H groups in total. The summed E-state index contributed by atoms with van der Waals surface area (Å²) < 4.78 is 0. The molecule has 1 aromatic heterocycles. The Morgan fingerprint density at radius 3 is 2.25 bits per heavy atom. The van der Waals surface area contributed by atoms with Gasteiger partial charge in [-0.15, -0.1) is 12.4 Å². The fourth-order valence-corrected chi connectivity index (χ4v) is 0.970. The molecule has 1 rings (SSSR count). The van der Waals surface area contributed by atoms with E-state index < -0.39 is 7.12 Å². The molecule has 0 bridgehead atoms. The number of halogens is 1. The monoisotopic (exact) mass is 187 g/mol. The molecule has 0 fully saturated rings. The van der Waals surface area contributed by atoms with Crippen molar-refractivity contribution in [2.24, 2.45) is 0 Å². The maximum atomic E-state index is 8.81. The second kappa shape index (κ2) is 4.45. The first-order valence-electron chi connectivity index (χ1n) is 3.41. The number of aryl methyl sites for hydroxylation is 2. The van der Waals surface area contributed by atoms with Gasteiger partial charge in [0.1, 0.15) is 0 Å². The molecule has 0 amide bonds. The van der Waals surface area contributed by atoms with E-state index in [4.69, 9.17) is 10.0 Å². The molecule has 0 saturated heterocycles. The lowest BCUT2D eigenvalue weighted by Crippen LogP contribution is -2.32. The molecule has 0 unspecified atom stereocenters. The summed E-state index contributed by atoms with van der Waals surface area (Å²) in [6, 6.07) is 3.42. The van der Waals surface area contributed by atoms with E-state index in [1.165, 1.54) is 0 Å².